The molecule has 2 N–H and O–H groups in total. The highest BCUT2D eigenvalue weighted by Gasteiger charge is 2.24. The van der Waals surface area contributed by atoms with Crippen molar-refractivity contribution in [3.8, 4) is 11.5 Å². The second-order valence-corrected chi connectivity index (χ2v) is 6.01. The molecule has 0 saturated heterocycles. The Balaban J connectivity index is 1.95. The zero-order chi connectivity index (χ0) is 15.2. The number of hydrogen-bond acceptors (Lipinski definition) is 4. The van der Waals surface area contributed by atoms with Gasteiger partial charge in [-0.2, -0.15) is 0 Å². The summed E-state index contributed by atoms with van der Waals surface area (Å²) in [5, 5.41) is 20.3. The maximum absolute atomic E-state index is 10.2. The zero-order valence-corrected chi connectivity index (χ0v) is 13.1. The molecule has 0 amide bonds. The highest BCUT2D eigenvalue weighted by atomic mass is 16.5. The fourth-order valence-corrected chi connectivity index (χ4v) is 3.12. The molecular formula is C17H27NO3. The molecule has 2 unspecified atom stereocenters. The Kier molecular flexibility index (Phi) is 5.88. The zero-order valence-electron chi connectivity index (χ0n) is 13.1. The van der Waals surface area contributed by atoms with E-state index in [4.69, 9.17) is 4.74 Å². The molecule has 4 heteroatoms. The topological polar surface area (TPSA) is 52.9 Å². The van der Waals surface area contributed by atoms with Crippen molar-refractivity contribution in [3.63, 3.8) is 0 Å². The predicted molar refractivity (Wildman–Crippen MR) is 83.6 cm³/mol. The van der Waals surface area contributed by atoms with Crippen LogP contribution in [-0.2, 0) is 6.54 Å². The van der Waals surface area contributed by atoms with E-state index in [0.29, 0.717) is 24.8 Å². The predicted octanol–water partition coefficient (Wildman–Crippen LogP) is 2.77. The Bertz CT molecular complexity index is 450. The number of aromatic hydroxyl groups is 1. The standard InChI is InChI=1S/C17H27NO3/c1-3-21-16-10-6-8-14(17(16)20)12-18(2)11-13-7-4-5-9-15(13)19/h6,8,10,13,15,19-20H,3-5,7,9,11-12H2,1-2H3. The average molecular weight is 293 g/mol. The van der Waals surface area contributed by atoms with Gasteiger partial charge >= 0.3 is 0 Å². The maximum Gasteiger partial charge on any atom is 0.162 e. The van der Waals surface area contributed by atoms with Crippen molar-refractivity contribution in [2.75, 3.05) is 20.2 Å². The quantitative estimate of drug-likeness (QED) is 0.847. The van der Waals surface area contributed by atoms with Crippen LogP contribution < -0.4 is 4.74 Å². The Morgan fingerprint density at radius 2 is 2.05 bits per heavy atom. The van der Waals surface area contributed by atoms with Crippen molar-refractivity contribution in [1.29, 1.82) is 0 Å². The van der Waals surface area contributed by atoms with Crippen LogP contribution in [0.3, 0.4) is 0 Å². The lowest BCUT2D eigenvalue weighted by Crippen LogP contribution is -2.34. The lowest BCUT2D eigenvalue weighted by molar-refractivity contribution is 0.0500. The highest BCUT2D eigenvalue weighted by Crippen LogP contribution is 2.31. The molecule has 2 rings (SSSR count). The summed E-state index contributed by atoms with van der Waals surface area (Å²) >= 11 is 0. The van der Waals surface area contributed by atoms with Gasteiger partial charge in [-0.05, 0) is 38.8 Å². The van der Waals surface area contributed by atoms with E-state index in [2.05, 4.69) is 4.90 Å². The van der Waals surface area contributed by atoms with Crippen LogP contribution in [0.5, 0.6) is 11.5 Å². The molecule has 2 atom stereocenters. The van der Waals surface area contributed by atoms with Crippen molar-refractivity contribution >= 4 is 0 Å². The minimum Gasteiger partial charge on any atom is -0.504 e. The molecule has 1 aliphatic carbocycles. The van der Waals surface area contributed by atoms with Gasteiger partial charge in [0.1, 0.15) is 0 Å². The Morgan fingerprint density at radius 3 is 2.76 bits per heavy atom. The van der Waals surface area contributed by atoms with Gasteiger partial charge in [0.2, 0.25) is 0 Å². The van der Waals surface area contributed by atoms with Crippen molar-refractivity contribution in [1.82, 2.24) is 4.90 Å². The third-order valence-electron chi connectivity index (χ3n) is 4.24. The Labute approximate surface area is 127 Å². The van der Waals surface area contributed by atoms with E-state index in [-0.39, 0.29) is 11.9 Å². The molecule has 118 valence electrons. The van der Waals surface area contributed by atoms with Crippen molar-refractivity contribution in [3.05, 3.63) is 23.8 Å². The summed E-state index contributed by atoms with van der Waals surface area (Å²) in [7, 11) is 2.04. The van der Waals surface area contributed by atoms with Gasteiger partial charge in [0.15, 0.2) is 11.5 Å². The molecule has 0 aliphatic heterocycles. The normalized spacial score (nSPS) is 22.5. The molecule has 0 radical (unpaired) electrons. The lowest BCUT2D eigenvalue weighted by Gasteiger charge is -2.31. The molecule has 1 aliphatic rings. The van der Waals surface area contributed by atoms with Gasteiger partial charge in [0.05, 0.1) is 12.7 Å². The van der Waals surface area contributed by atoms with Crippen LogP contribution in [-0.4, -0.2) is 41.4 Å². The van der Waals surface area contributed by atoms with Gasteiger partial charge in [-0.3, -0.25) is 0 Å². The van der Waals surface area contributed by atoms with Crippen molar-refractivity contribution in [2.45, 2.75) is 45.3 Å². The molecule has 0 aromatic heterocycles. The molecular weight excluding hydrogens is 266 g/mol. The molecule has 1 fully saturated rings. The van der Waals surface area contributed by atoms with Gasteiger partial charge in [0, 0.05) is 18.7 Å². The maximum atomic E-state index is 10.2. The number of phenols is 1. The van der Waals surface area contributed by atoms with Gasteiger partial charge in [-0.25, -0.2) is 0 Å². The third-order valence-corrected chi connectivity index (χ3v) is 4.24. The highest BCUT2D eigenvalue weighted by molar-refractivity contribution is 5.45. The number of aliphatic hydroxyl groups excluding tert-OH is 1. The summed E-state index contributed by atoms with van der Waals surface area (Å²) in [6, 6.07) is 5.61. The molecule has 0 spiro atoms. The summed E-state index contributed by atoms with van der Waals surface area (Å²) < 4.78 is 5.42. The first-order valence-corrected chi connectivity index (χ1v) is 7.92. The van der Waals surface area contributed by atoms with Crippen LogP contribution in [0.15, 0.2) is 18.2 Å². The van der Waals surface area contributed by atoms with Gasteiger partial charge in [-0.1, -0.05) is 25.0 Å². The summed E-state index contributed by atoms with van der Waals surface area (Å²) in [5.74, 6) is 1.12. The summed E-state index contributed by atoms with van der Waals surface area (Å²) in [4.78, 5) is 2.17. The van der Waals surface area contributed by atoms with Gasteiger partial charge in [0.25, 0.3) is 0 Å². The van der Waals surface area contributed by atoms with Crippen LogP contribution in [0.1, 0.15) is 38.2 Å². The summed E-state index contributed by atoms with van der Waals surface area (Å²) in [6.45, 7) is 3.97. The minimum absolute atomic E-state index is 0.176. The van der Waals surface area contributed by atoms with Crippen LogP contribution in [0.2, 0.25) is 0 Å². The van der Waals surface area contributed by atoms with Gasteiger partial charge < -0.3 is 19.8 Å². The van der Waals surface area contributed by atoms with Gasteiger partial charge in [-0.15, -0.1) is 0 Å². The fourth-order valence-electron chi connectivity index (χ4n) is 3.12. The number of aliphatic hydroxyl groups is 1. The molecule has 21 heavy (non-hydrogen) atoms. The van der Waals surface area contributed by atoms with E-state index < -0.39 is 0 Å². The first kappa shape index (κ1) is 16.1. The van der Waals surface area contributed by atoms with Crippen molar-refractivity contribution < 1.29 is 14.9 Å². The number of rotatable bonds is 6. The first-order chi connectivity index (χ1) is 10.1. The molecule has 1 saturated carbocycles. The van der Waals surface area contributed by atoms with E-state index >= 15 is 0 Å². The van der Waals surface area contributed by atoms with Crippen LogP contribution >= 0.6 is 0 Å². The largest absolute Gasteiger partial charge is 0.504 e. The van der Waals surface area contributed by atoms with Crippen molar-refractivity contribution in [2.24, 2.45) is 5.92 Å². The molecule has 0 heterocycles. The second-order valence-electron chi connectivity index (χ2n) is 6.01. The number of ether oxygens (including phenoxy) is 1. The van der Waals surface area contributed by atoms with E-state index in [1.54, 1.807) is 6.07 Å². The van der Waals surface area contributed by atoms with E-state index in [1.807, 2.05) is 26.1 Å². The number of para-hydroxylation sites is 1. The second kappa shape index (κ2) is 7.66. The fraction of sp³-hybridized carbons (Fsp3) is 0.647. The third kappa shape index (κ3) is 4.35. The number of nitrogens with zero attached hydrogens (tertiary/aromatic N) is 1. The number of benzene rings is 1. The smallest absolute Gasteiger partial charge is 0.162 e. The monoisotopic (exact) mass is 293 g/mol. The van der Waals surface area contributed by atoms with Crippen LogP contribution in [0.25, 0.3) is 0 Å². The Morgan fingerprint density at radius 1 is 1.29 bits per heavy atom. The molecule has 1 aromatic rings. The number of phenolic OH excluding ortho intramolecular Hbond substituents is 1. The molecule has 0 bridgehead atoms. The number of hydrogen-bond donors (Lipinski definition) is 2. The summed E-state index contributed by atoms with van der Waals surface area (Å²) in [6.07, 6.45) is 4.18. The van der Waals surface area contributed by atoms with Crippen LogP contribution in [0, 0.1) is 5.92 Å². The molecule has 4 nitrogen and oxygen atoms in total. The first-order valence-electron chi connectivity index (χ1n) is 7.92. The SMILES string of the molecule is CCOc1cccc(CN(C)CC2CCCCC2O)c1O. The summed E-state index contributed by atoms with van der Waals surface area (Å²) in [5.41, 5.74) is 0.869. The van der Waals surface area contributed by atoms with E-state index in [1.165, 1.54) is 6.42 Å². The van der Waals surface area contributed by atoms with E-state index in [0.717, 1.165) is 31.4 Å². The van der Waals surface area contributed by atoms with E-state index in [9.17, 15) is 10.2 Å². The molecule has 1 aromatic carbocycles. The average Bonchev–Trinajstić information content (AvgIpc) is 2.46. The Hall–Kier alpha value is -1.26. The minimum atomic E-state index is -0.176. The lowest BCUT2D eigenvalue weighted by atomic mass is 9.86. The van der Waals surface area contributed by atoms with Crippen LogP contribution in [0.4, 0.5) is 0 Å².